The number of carbonyl (C=O) groups is 1. The van der Waals surface area contributed by atoms with Crippen LogP contribution in [0, 0.1) is 0 Å². The van der Waals surface area contributed by atoms with Gasteiger partial charge in [0.2, 0.25) is 0 Å². The smallest absolute Gasteiger partial charge is 0.164 e. The number of benzene rings is 2. The van der Waals surface area contributed by atoms with E-state index in [9.17, 15) is 4.79 Å². The number of nitrogens with zero attached hydrogens (tertiary/aromatic N) is 1. The van der Waals surface area contributed by atoms with E-state index in [4.69, 9.17) is 11.6 Å². The van der Waals surface area contributed by atoms with E-state index >= 15 is 0 Å². The van der Waals surface area contributed by atoms with Gasteiger partial charge in [0.15, 0.2) is 5.78 Å². The normalized spacial score (nSPS) is 10.2. The highest BCUT2D eigenvalue weighted by atomic mass is 35.5. The molecule has 19 heavy (non-hydrogen) atoms. The predicted molar refractivity (Wildman–Crippen MR) is 80.1 cm³/mol. The van der Waals surface area contributed by atoms with Gasteiger partial charge < -0.3 is 4.90 Å². The van der Waals surface area contributed by atoms with Gasteiger partial charge in [-0.15, -0.1) is 0 Å². The Balaban J connectivity index is 1.92. The van der Waals surface area contributed by atoms with Crippen LogP contribution in [0.2, 0.25) is 5.02 Å². The fourth-order valence-corrected chi connectivity index (χ4v) is 1.99. The molecular formula is C16H16ClNO. The lowest BCUT2D eigenvalue weighted by Gasteiger charge is -2.18. The molecule has 0 unspecified atom stereocenters. The summed E-state index contributed by atoms with van der Waals surface area (Å²) in [5, 5.41) is 0.651. The zero-order chi connectivity index (χ0) is 13.7. The van der Waals surface area contributed by atoms with Gasteiger partial charge in [-0.05, 0) is 36.4 Å². The average molecular weight is 274 g/mol. The molecule has 0 bridgehead atoms. The van der Waals surface area contributed by atoms with Crippen molar-refractivity contribution in [1.29, 1.82) is 0 Å². The minimum absolute atomic E-state index is 0.138. The molecule has 0 radical (unpaired) electrons. The highest BCUT2D eigenvalue weighted by molar-refractivity contribution is 6.30. The molecule has 0 heterocycles. The Kier molecular flexibility index (Phi) is 4.58. The number of Topliss-reactive ketones (excluding diaryl/α,β-unsaturated/α-hetero) is 1. The number of hydrogen-bond donors (Lipinski definition) is 0. The molecule has 0 N–H and O–H groups in total. The number of carbonyl (C=O) groups excluding carboxylic acids is 1. The van der Waals surface area contributed by atoms with Crippen molar-refractivity contribution in [3.05, 3.63) is 65.2 Å². The Morgan fingerprint density at radius 2 is 1.68 bits per heavy atom. The molecule has 0 amide bonds. The summed E-state index contributed by atoms with van der Waals surface area (Å²) in [5.41, 5.74) is 1.83. The molecule has 0 aliphatic rings. The van der Waals surface area contributed by atoms with E-state index < -0.39 is 0 Å². The first-order chi connectivity index (χ1) is 9.16. The zero-order valence-corrected chi connectivity index (χ0v) is 11.6. The highest BCUT2D eigenvalue weighted by Gasteiger charge is 2.07. The first-order valence-electron chi connectivity index (χ1n) is 6.22. The maximum atomic E-state index is 12.0. The summed E-state index contributed by atoms with van der Waals surface area (Å²) in [4.78, 5) is 14.1. The van der Waals surface area contributed by atoms with Crippen LogP contribution in [0.25, 0.3) is 0 Å². The largest absolute Gasteiger partial charge is 0.374 e. The van der Waals surface area contributed by atoms with Gasteiger partial charge in [-0.2, -0.15) is 0 Å². The Labute approximate surface area is 118 Å². The van der Waals surface area contributed by atoms with Gasteiger partial charge in [0.05, 0.1) is 0 Å². The number of ketones is 1. The van der Waals surface area contributed by atoms with Crippen molar-refractivity contribution < 1.29 is 4.79 Å². The molecule has 98 valence electrons. The monoisotopic (exact) mass is 273 g/mol. The highest BCUT2D eigenvalue weighted by Crippen LogP contribution is 2.14. The third-order valence-corrected chi connectivity index (χ3v) is 3.29. The molecule has 0 fully saturated rings. The van der Waals surface area contributed by atoms with Gasteiger partial charge >= 0.3 is 0 Å². The molecule has 0 saturated heterocycles. The van der Waals surface area contributed by atoms with Crippen molar-refractivity contribution in [2.75, 3.05) is 18.5 Å². The minimum atomic E-state index is 0.138. The number of hydrogen-bond acceptors (Lipinski definition) is 2. The van der Waals surface area contributed by atoms with Crippen LogP contribution in [0.5, 0.6) is 0 Å². The molecule has 3 heteroatoms. The van der Waals surface area contributed by atoms with E-state index in [0.29, 0.717) is 23.6 Å². The fourth-order valence-electron chi connectivity index (χ4n) is 1.86. The molecule has 0 spiro atoms. The maximum Gasteiger partial charge on any atom is 0.164 e. The number of para-hydroxylation sites is 1. The van der Waals surface area contributed by atoms with Gasteiger partial charge in [-0.1, -0.05) is 29.8 Å². The minimum Gasteiger partial charge on any atom is -0.374 e. The van der Waals surface area contributed by atoms with E-state index in [-0.39, 0.29) is 5.78 Å². The van der Waals surface area contributed by atoms with Crippen molar-refractivity contribution in [3.63, 3.8) is 0 Å². The van der Waals surface area contributed by atoms with Crippen molar-refractivity contribution in [2.45, 2.75) is 6.42 Å². The lowest BCUT2D eigenvalue weighted by molar-refractivity contribution is 0.0985. The first-order valence-corrected chi connectivity index (χ1v) is 6.59. The fraction of sp³-hybridized carbons (Fsp3) is 0.188. The van der Waals surface area contributed by atoms with Gasteiger partial charge in [0, 0.05) is 36.3 Å². The molecule has 2 rings (SSSR count). The van der Waals surface area contributed by atoms with Gasteiger partial charge in [-0.25, -0.2) is 0 Å². The van der Waals surface area contributed by atoms with Crippen LogP contribution in [0.15, 0.2) is 54.6 Å². The van der Waals surface area contributed by atoms with Crippen LogP contribution in [0.1, 0.15) is 16.8 Å². The van der Waals surface area contributed by atoms with Crippen molar-refractivity contribution in [1.82, 2.24) is 0 Å². The summed E-state index contributed by atoms with van der Waals surface area (Å²) < 4.78 is 0. The molecule has 0 aromatic heterocycles. The summed E-state index contributed by atoms with van der Waals surface area (Å²) in [7, 11) is 1.99. The van der Waals surface area contributed by atoms with E-state index in [1.54, 1.807) is 24.3 Å². The average Bonchev–Trinajstić information content (AvgIpc) is 2.46. The first kappa shape index (κ1) is 13.6. The van der Waals surface area contributed by atoms with Crippen LogP contribution in [0.4, 0.5) is 5.69 Å². The molecule has 0 aliphatic heterocycles. The number of halogens is 1. The third kappa shape index (κ3) is 3.83. The van der Waals surface area contributed by atoms with Crippen molar-refractivity contribution >= 4 is 23.1 Å². The molecule has 2 aromatic carbocycles. The number of anilines is 1. The summed E-state index contributed by atoms with van der Waals surface area (Å²) in [6, 6.07) is 17.1. The second-order valence-corrected chi connectivity index (χ2v) is 4.87. The second kappa shape index (κ2) is 6.39. The zero-order valence-electron chi connectivity index (χ0n) is 10.8. The Morgan fingerprint density at radius 3 is 2.32 bits per heavy atom. The molecule has 0 atom stereocenters. The van der Waals surface area contributed by atoms with Gasteiger partial charge in [0.1, 0.15) is 0 Å². The van der Waals surface area contributed by atoms with Crippen molar-refractivity contribution in [2.24, 2.45) is 0 Å². The standard InChI is InChI=1S/C16H16ClNO/c1-18(15-5-3-2-4-6-15)12-11-16(19)13-7-9-14(17)10-8-13/h2-10H,11-12H2,1H3. The summed E-state index contributed by atoms with van der Waals surface area (Å²) in [6.45, 7) is 0.700. The quantitative estimate of drug-likeness (QED) is 0.766. The Hall–Kier alpha value is -1.80. The van der Waals surface area contributed by atoms with Crippen LogP contribution in [-0.2, 0) is 0 Å². The Bertz CT molecular complexity index is 536. The van der Waals surface area contributed by atoms with E-state index in [1.807, 2.05) is 37.4 Å². The Morgan fingerprint density at radius 1 is 1.05 bits per heavy atom. The molecule has 0 aliphatic carbocycles. The van der Waals surface area contributed by atoms with Crippen LogP contribution < -0.4 is 4.90 Å². The molecule has 2 aromatic rings. The second-order valence-electron chi connectivity index (χ2n) is 4.44. The maximum absolute atomic E-state index is 12.0. The lowest BCUT2D eigenvalue weighted by Crippen LogP contribution is -2.21. The summed E-state index contributed by atoms with van der Waals surface area (Å²) in [5.74, 6) is 0.138. The van der Waals surface area contributed by atoms with Gasteiger partial charge in [0.25, 0.3) is 0 Å². The third-order valence-electron chi connectivity index (χ3n) is 3.04. The molecule has 2 nitrogen and oxygen atoms in total. The number of rotatable bonds is 5. The SMILES string of the molecule is CN(CCC(=O)c1ccc(Cl)cc1)c1ccccc1. The lowest BCUT2D eigenvalue weighted by atomic mass is 10.1. The van der Waals surface area contributed by atoms with Crippen LogP contribution in [-0.4, -0.2) is 19.4 Å². The molecular weight excluding hydrogens is 258 g/mol. The van der Waals surface area contributed by atoms with Gasteiger partial charge in [-0.3, -0.25) is 4.79 Å². The molecule has 0 saturated carbocycles. The van der Waals surface area contributed by atoms with Crippen molar-refractivity contribution in [3.8, 4) is 0 Å². The van der Waals surface area contributed by atoms with E-state index in [1.165, 1.54) is 0 Å². The predicted octanol–water partition coefficient (Wildman–Crippen LogP) is 4.05. The van der Waals surface area contributed by atoms with Crippen LogP contribution >= 0.6 is 11.6 Å². The summed E-state index contributed by atoms with van der Waals surface area (Å²) in [6.07, 6.45) is 0.493. The topological polar surface area (TPSA) is 20.3 Å². The van der Waals surface area contributed by atoms with Crippen LogP contribution in [0.3, 0.4) is 0 Å². The van der Waals surface area contributed by atoms with E-state index in [2.05, 4.69) is 4.90 Å². The van der Waals surface area contributed by atoms with E-state index in [0.717, 1.165) is 5.69 Å². The summed E-state index contributed by atoms with van der Waals surface area (Å²) >= 11 is 5.80.